The minimum atomic E-state index is -0.814. The molecule has 0 atom stereocenters. The summed E-state index contributed by atoms with van der Waals surface area (Å²) >= 11 is 5.09. The second-order valence-electron chi connectivity index (χ2n) is 6.23. The number of carbonyl (C=O) groups excluding carboxylic acids is 1. The summed E-state index contributed by atoms with van der Waals surface area (Å²) in [7, 11) is 0. The van der Waals surface area contributed by atoms with Crippen molar-refractivity contribution in [2.75, 3.05) is 10.6 Å². The number of hydrogen-bond donors (Lipinski definition) is 3. The van der Waals surface area contributed by atoms with Crippen LogP contribution in [-0.2, 0) is 0 Å². The Balaban J connectivity index is 1.64. The van der Waals surface area contributed by atoms with Crippen molar-refractivity contribution in [3.05, 3.63) is 98.6 Å². The summed E-state index contributed by atoms with van der Waals surface area (Å²) in [5.74, 6) is -0.813. The van der Waals surface area contributed by atoms with Crippen LogP contribution < -0.4 is 16.0 Å². The zero-order valence-corrected chi connectivity index (χ0v) is 16.6. The molecule has 0 aliphatic heterocycles. The van der Waals surface area contributed by atoms with Crippen molar-refractivity contribution in [3.8, 4) is 0 Å². The predicted molar refractivity (Wildman–Crippen MR) is 120 cm³/mol. The minimum absolute atomic E-state index is 0.0667. The number of non-ortho nitro benzene ring substituents is 2. The summed E-state index contributed by atoms with van der Waals surface area (Å²) in [6.07, 6.45) is 0. The van der Waals surface area contributed by atoms with Gasteiger partial charge in [-0.1, -0.05) is 18.2 Å². The summed E-state index contributed by atoms with van der Waals surface area (Å²) in [6, 6.07) is 19.3. The van der Waals surface area contributed by atoms with Gasteiger partial charge in [0.2, 0.25) is 0 Å². The number of carbonyl (C=O) groups is 1. The molecule has 0 saturated carbocycles. The number of anilines is 3. The molecule has 0 bridgehead atoms. The lowest BCUT2D eigenvalue weighted by Gasteiger charge is -2.11. The van der Waals surface area contributed by atoms with Crippen LogP contribution in [0.3, 0.4) is 0 Å². The summed E-state index contributed by atoms with van der Waals surface area (Å²) < 4.78 is 0. The average Bonchev–Trinajstić information content (AvgIpc) is 2.75. The molecule has 0 heterocycles. The van der Waals surface area contributed by atoms with E-state index >= 15 is 0 Å². The summed E-state index contributed by atoms with van der Waals surface area (Å²) in [4.78, 5) is 32.7. The lowest BCUT2D eigenvalue weighted by Crippen LogP contribution is -2.34. The smallest absolute Gasteiger partial charge is 0.277 e. The molecule has 3 rings (SSSR count). The predicted octanol–water partition coefficient (Wildman–Crippen LogP) is 4.37. The quantitative estimate of drug-likeness (QED) is 0.293. The van der Waals surface area contributed by atoms with Gasteiger partial charge in [0.15, 0.2) is 5.11 Å². The molecule has 10 nitrogen and oxygen atoms in total. The molecular weight excluding hydrogens is 422 g/mol. The van der Waals surface area contributed by atoms with Crippen molar-refractivity contribution in [2.45, 2.75) is 0 Å². The van der Waals surface area contributed by atoms with E-state index < -0.39 is 27.1 Å². The van der Waals surface area contributed by atoms with Gasteiger partial charge in [-0.25, -0.2) is 0 Å². The second kappa shape index (κ2) is 9.41. The Morgan fingerprint density at radius 3 is 1.84 bits per heavy atom. The number of nitrogens with zero attached hydrogens (tertiary/aromatic N) is 2. The van der Waals surface area contributed by atoms with Crippen LogP contribution >= 0.6 is 12.2 Å². The van der Waals surface area contributed by atoms with E-state index in [9.17, 15) is 25.0 Å². The standard InChI is InChI=1S/C20H15N5O5S/c26-19(13-10-17(24(27)28)12-18(11-13)25(29)30)23-20(31)22-16-8-6-15(7-9-16)21-14-4-2-1-3-5-14/h1-12,21H,(H2,22,23,26,31). The Bertz CT molecular complexity index is 1120. The summed E-state index contributed by atoms with van der Waals surface area (Å²) in [5, 5.41) is 30.3. The maximum atomic E-state index is 12.4. The van der Waals surface area contributed by atoms with E-state index in [-0.39, 0.29) is 10.7 Å². The zero-order chi connectivity index (χ0) is 22.4. The Morgan fingerprint density at radius 1 is 0.774 bits per heavy atom. The monoisotopic (exact) mass is 437 g/mol. The second-order valence-corrected chi connectivity index (χ2v) is 6.64. The molecule has 0 aliphatic rings. The van der Waals surface area contributed by atoms with Crippen molar-refractivity contribution in [1.29, 1.82) is 0 Å². The number of amides is 1. The molecule has 0 spiro atoms. The fourth-order valence-corrected chi connectivity index (χ4v) is 2.81. The van der Waals surface area contributed by atoms with Gasteiger partial charge in [0, 0.05) is 29.2 Å². The van der Waals surface area contributed by atoms with Gasteiger partial charge >= 0.3 is 0 Å². The van der Waals surface area contributed by atoms with Crippen molar-refractivity contribution < 1.29 is 14.6 Å². The van der Waals surface area contributed by atoms with Crippen LogP contribution in [0.2, 0.25) is 0 Å². The first-order chi connectivity index (χ1) is 14.8. The number of nitro benzene ring substituents is 2. The minimum Gasteiger partial charge on any atom is -0.356 e. The highest BCUT2D eigenvalue weighted by Crippen LogP contribution is 2.23. The highest BCUT2D eigenvalue weighted by atomic mass is 32.1. The van der Waals surface area contributed by atoms with E-state index in [0.29, 0.717) is 5.69 Å². The van der Waals surface area contributed by atoms with Gasteiger partial charge in [-0.05, 0) is 48.6 Å². The van der Waals surface area contributed by atoms with Gasteiger partial charge in [0.05, 0.1) is 21.5 Å². The third kappa shape index (κ3) is 5.81. The SMILES string of the molecule is O=C(NC(=S)Nc1ccc(Nc2ccccc2)cc1)c1cc([N+](=O)[O-])cc([N+](=O)[O-])c1. The third-order valence-corrected chi connectivity index (χ3v) is 4.22. The fourth-order valence-electron chi connectivity index (χ4n) is 2.60. The van der Waals surface area contributed by atoms with Gasteiger partial charge in [-0.2, -0.15) is 0 Å². The van der Waals surface area contributed by atoms with Crippen molar-refractivity contribution >= 4 is 51.7 Å². The molecule has 0 radical (unpaired) electrons. The first-order valence-electron chi connectivity index (χ1n) is 8.80. The van der Waals surface area contributed by atoms with Gasteiger partial charge in [0.1, 0.15) is 0 Å². The molecule has 11 heteroatoms. The van der Waals surface area contributed by atoms with Crippen LogP contribution in [0.5, 0.6) is 0 Å². The number of thiocarbonyl (C=S) groups is 1. The molecule has 31 heavy (non-hydrogen) atoms. The van der Waals surface area contributed by atoms with Gasteiger partial charge in [0.25, 0.3) is 17.3 Å². The molecule has 1 amide bonds. The zero-order valence-electron chi connectivity index (χ0n) is 15.8. The first kappa shape index (κ1) is 21.3. The van der Waals surface area contributed by atoms with Crippen LogP contribution in [0.15, 0.2) is 72.8 Å². The molecule has 0 fully saturated rings. The molecule has 0 unspecified atom stereocenters. The number of rotatable bonds is 6. The van der Waals surface area contributed by atoms with Crippen molar-refractivity contribution in [2.24, 2.45) is 0 Å². The molecule has 0 saturated heterocycles. The van der Waals surface area contributed by atoms with Crippen LogP contribution in [0.25, 0.3) is 0 Å². The van der Waals surface area contributed by atoms with E-state index in [2.05, 4.69) is 16.0 Å². The molecule has 3 aromatic rings. The summed E-state index contributed by atoms with van der Waals surface area (Å²) in [5.41, 5.74) is 0.966. The van der Waals surface area contributed by atoms with E-state index in [1.165, 1.54) is 0 Å². The number of hydrogen-bond acceptors (Lipinski definition) is 7. The Labute approximate surface area is 181 Å². The maximum absolute atomic E-state index is 12.4. The lowest BCUT2D eigenvalue weighted by molar-refractivity contribution is -0.394. The Hall–Kier alpha value is -4.38. The van der Waals surface area contributed by atoms with Crippen LogP contribution in [0.4, 0.5) is 28.4 Å². The van der Waals surface area contributed by atoms with Crippen LogP contribution in [0.1, 0.15) is 10.4 Å². The van der Waals surface area contributed by atoms with Crippen LogP contribution in [-0.4, -0.2) is 20.9 Å². The number of para-hydroxylation sites is 1. The lowest BCUT2D eigenvalue weighted by atomic mass is 10.1. The van der Waals surface area contributed by atoms with Crippen LogP contribution in [0, 0.1) is 20.2 Å². The van der Waals surface area contributed by atoms with Gasteiger partial charge in [-0.15, -0.1) is 0 Å². The number of benzene rings is 3. The van der Waals surface area contributed by atoms with Gasteiger partial charge < -0.3 is 10.6 Å². The first-order valence-corrected chi connectivity index (χ1v) is 9.21. The largest absolute Gasteiger partial charge is 0.356 e. The molecule has 0 aliphatic carbocycles. The molecular formula is C20H15N5O5S. The topological polar surface area (TPSA) is 139 Å². The van der Waals surface area contributed by atoms with Crippen molar-refractivity contribution in [1.82, 2.24) is 5.32 Å². The van der Waals surface area contributed by atoms with E-state index in [1.54, 1.807) is 12.1 Å². The normalized spacial score (nSPS) is 10.1. The Morgan fingerprint density at radius 2 is 1.29 bits per heavy atom. The fraction of sp³-hybridized carbons (Fsp3) is 0. The van der Waals surface area contributed by atoms with Crippen molar-refractivity contribution in [3.63, 3.8) is 0 Å². The van der Waals surface area contributed by atoms with Gasteiger partial charge in [-0.3, -0.25) is 30.3 Å². The molecule has 3 N–H and O–H groups in total. The van der Waals surface area contributed by atoms with E-state index in [0.717, 1.165) is 29.6 Å². The Kier molecular flexibility index (Phi) is 6.48. The molecule has 0 aromatic heterocycles. The number of nitro groups is 2. The number of nitrogens with one attached hydrogen (secondary N) is 3. The maximum Gasteiger partial charge on any atom is 0.277 e. The highest BCUT2D eigenvalue weighted by molar-refractivity contribution is 7.80. The van der Waals surface area contributed by atoms with E-state index in [4.69, 9.17) is 12.2 Å². The summed E-state index contributed by atoms with van der Waals surface area (Å²) in [6.45, 7) is 0. The highest BCUT2D eigenvalue weighted by Gasteiger charge is 2.20. The third-order valence-electron chi connectivity index (χ3n) is 4.02. The molecule has 156 valence electrons. The molecule has 3 aromatic carbocycles. The van der Waals surface area contributed by atoms with E-state index in [1.807, 2.05) is 42.5 Å². The average molecular weight is 437 g/mol.